The molecule has 3 fully saturated rings. The van der Waals surface area contributed by atoms with Crippen LogP contribution in [0, 0.1) is 17.8 Å². The third-order valence-corrected chi connectivity index (χ3v) is 13.9. The molecule has 3 heterocycles. The van der Waals surface area contributed by atoms with E-state index in [4.69, 9.17) is 14.2 Å². The lowest BCUT2D eigenvalue weighted by molar-refractivity contribution is -0.244. The van der Waals surface area contributed by atoms with E-state index in [9.17, 15) is 40.8 Å². The van der Waals surface area contributed by atoms with Gasteiger partial charge in [0.05, 0.1) is 18.4 Å². The van der Waals surface area contributed by atoms with Crippen LogP contribution in [0.15, 0.2) is 42.6 Å². The Morgan fingerprint density at radius 1 is 1.07 bits per heavy atom. The number of pyridine rings is 1. The highest BCUT2D eigenvalue weighted by molar-refractivity contribution is 7.91. The Balaban J connectivity index is 1.36. The standard InChI is InChI=1S/C39H50F3N5O9S/c1-22-10-7-8-11-24-20-38(24,34(50)46-57(52,53)37(5)15-16-37)45-31(48)28-19-25(55-32-27-12-9-13-29(54-6)26(27)14-17-43-32)21-47(28)33(49)30(23(2)18-22)44-35(51)56-36(3,4)39(40,41)42/h8-9,11-14,17,22-25,28,30H,7,10,15-16,18-21H2,1-6H3,(H,44,51)(H,45,48)(H,46,50)/t22-,23-,24-,25-,28+,30+,38-/m1/s1. The Labute approximate surface area is 329 Å². The Bertz CT molecular complexity index is 2060. The Morgan fingerprint density at radius 3 is 2.46 bits per heavy atom. The van der Waals surface area contributed by atoms with Crippen molar-refractivity contribution in [2.45, 2.75) is 120 Å². The minimum atomic E-state index is -4.91. The summed E-state index contributed by atoms with van der Waals surface area (Å²) in [4.78, 5) is 61.8. The highest BCUT2D eigenvalue weighted by Crippen LogP contribution is 2.48. The number of sulfonamides is 1. The lowest BCUT2D eigenvalue weighted by Gasteiger charge is -2.34. The van der Waals surface area contributed by atoms with Crippen LogP contribution in [0.25, 0.3) is 10.8 Å². The van der Waals surface area contributed by atoms with Gasteiger partial charge in [0.15, 0.2) is 0 Å². The highest BCUT2D eigenvalue weighted by Gasteiger charge is 2.63. The summed E-state index contributed by atoms with van der Waals surface area (Å²) in [5.41, 5.74) is -4.52. The maximum Gasteiger partial charge on any atom is 0.427 e. The number of allylic oxidation sites excluding steroid dienone is 1. The summed E-state index contributed by atoms with van der Waals surface area (Å²) < 4.78 is 85.2. The number of fused-ring (bicyclic) bond motifs is 3. The van der Waals surface area contributed by atoms with Crippen molar-refractivity contribution in [1.82, 2.24) is 25.2 Å². The third-order valence-electron chi connectivity index (χ3n) is 11.8. The van der Waals surface area contributed by atoms with E-state index >= 15 is 0 Å². The van der Waals surface area contributed by atoms with Gasteiger partial charge in [0.25, 0.3) is 5.91 Å². The Hall–Kier alpha value is -4.61. The average molecular weight is 822 g/mol. The molecule has 1 aromatic carbocycles. The van der Waals surface area contributed by atoms with Gasteiger partial charge in [-0.1, -0.05) is 32.1 Å². The fraction of sp³-hybridized carbons (Fsp3) is 0.615. The van der Waals surface area contributed by atoms with Gasteiger partial charge < -0.3 is 29.7 Å². The van der Waals surface area contributed by atoms with Crippen molar-refractivity contribution in [1.29, 1.82) is 0 Å². The van der Waals surface area contributed by atoms with Crippen LogP contribution in [0.3, 0.4) is 0 Å². The molecule has 1 saturated heterocycles. The fourth-order valence-electron chi connectivity index (χ4n) is 7.62. The molecule has 14 nitrogen and oxygen atoms in total. The van der Waals surface area contributed by atoms with Gasteiger partial charge in [0.2, 0.25) is 33.3 Å². The van der Waals surface area contributed by atoms with Crippen LogP contribution >= 0.6 is 0 Å². The Morgan fingerprint density at radius 2 is 1.79 bits per heavy atom. The summed E-state index contributed by atoms with van der Waals surface area (Å²) in [6, 6.07) is 4.26. The van der Waals surface area contributed by atoms with Crippen LogP contribution in [-0.4, -0.2) is 96.0 Å². The second-order valence-electron chi connectivity index (χ2n) is 16.7. The van der Waals surface area contributed by atoms with Crippen LogP contribution < -0.4 is 24.8 Å². The second-order valence-corrected chi connectivity index (χ2v) is 18.8. The zero-order valence-electron chi connectivity index (χ0n) is 32.8. The van der Waals surface area contributed by atoms with Crippen molar-refractivity contribution in [2.24, 2.45) is 17.8 Å². The number of alkyl halides is 3. The monoisotopic (exact) mass is 821 g/mol. The van der Waals surface area contributed by atoms with E-state index in [2.05, 4.69) is 20.3 Å². The van der Waals surface area contributed by atoms with Crippen molar-refractivity contribution in [3.63, 3.8) is 0 Å². The minimum absolute atomic E-state index is 0.0363. The van der Waals surface area contributed by atoms with Gasteiger partial charge >= 0.3 is 12.3 Å². The van der Waals surface area contributed by atoms with Crippen molar-refractivity contribution in [3.8, 4) is 11.6 Å². The van der Waals surface area contributed by atoms with E-state index in [1.165, 1.54) is 25.1 Å². The third kappa shape index (κ3) is 8.51. The van der Waals surface area contributed by atoms with Gasteiger partial charge in [0, 0.05) is 29.3 Å². The number of methoxy groups -OCH3 is 1. The number of alkyl carbamates (subject to hydrolysis) is 1. The first kappa shape index (κ1) is 42.0. The topological polar surface area (TPSA) is 182 Å². The molecule has 7 atom stereocenters. The SMILES string of the molecule is COc1cccc2c(O[C@@H]3C[C@H]4C(=O)N[C@]5(C(=O)NS(=O)(=O)C6(C)CC6)C[C@H]5C=CCC[C@@H](C)C[C@@H](C)[C@H](NC(=O)OC(C)(C)C(F)(F)F)C(=O)N4C3)nccc12. The quantitative estimate of drug-likeness (QED) is 0.310. The summed E-state index contributed by atoms with van der Waals surface area (Å²) in [6.45, 7) is 6.33. The Kier molecular flexibility index (Phi) is 11.3. The lowest BCUT2D eigenvalue weighted by Crippen LogP contribution is -2.59. The van der Waals surface area contributed by atoms with E-state index in [1.807, 2.05) is 13.0 Å². The maximum atomic E-state index is 14.7. The zero-order valence-corrected chi connectivity index (χ0v) is 33.6. The van der Waals surface area contributed by atoms with Crippen molar-refractivity contribution in [2.75, 3.05) is 13.7 Å². The number of carbonyl (C=O) groups excluding carboxylic acids is 4. The van der Waals surface area contributed by atoms with Gasteiger partial charge in [-0.05, 0) is 89.3 Å². The van der Waals surface area contributed by atoms with Gasteiger partial charge in [-0.2, -0.15) is 13.2 Å². The number of hydrogen-bond acceptors (Lipinski definition) is 10. The summed E-state index contributed by atoms with van der Waals surface area (Å²) in [5, 5.41) is 6.45. The second kappa shape index (κ2) is 15.3. The smallest absolute Gasteiger partial charge is 0.427 e. The predicted octanol–water partition coefficient (Wildman–Crippen LogP) is 4.91. The van der Waals surface area contributed by atoms with E-state index in [0.717, 1.165) is 0 Å². The molecule has 2 aliphatic heterocycles. The molecule has 4 aliphatic rings. The van der Waals surface area contributed by atoms with E-state index in [-0.39, 0.29) is 31.2 Å². The van der Waals surface area contributed by atoms with Crippen molar-refractivity contribution >= 4 is 44.6 Å². The number of halogens is 3. The number of amides is 4. The number of nitrogens with one attached hydrogen (secondary N) is 3. The number of rotatable bonds is 8. The number of benzene rings is 1. The number of hydrogen-bond donors (Lipinski definition) is 3. The molecule has 312 valence electrons. The minimum Gasteiger partial charge on any atom is -0.496 e. The zero-order chi connectivity index (χ0) is 41.7. The molecule has 0 spiro atoms. The van der Waals surface area contributed by atoms with Crippen LogP contribution in [0.5, 0.6) is 11.6 Å². The van der Waals surface area contributed by atoms with Gasteiger partial charge in [-0.3, -0.25) is 19.1 Å². The van der Waals surface area contributed by atoms with E-state index in [1.54, 1.807) is 37.3 Å². The maximum absolute atomic E-state index is 14.7. The molecule has 4 amide bonds. The molecular formula is C39H50F3N5O9S. The number of nitrogens with zero attached hydrogens (tertiary/aromatic N) is 2. The fourth-order valence-corrected chi connectivity index (χ4v) is 8.94. The summed E-state index contributed by atoms with van der Waals surface area (Å²) in [7, 11) is -2.56. The number of ether oxygens (including phenoxy) is 3. The van der Waals surface area contributed by atoms with Crippen LogP contribution in [0.2, 0.25) is 0 Å². The summed E-state index contributed by atoms with van der Waals surface area (Å²) in [6.07, 6.45) is 0.185. The average Bonchev–Trinajstić information content (AvgIpc) is 4.01. The molecule has 57 heavy (non-hydrogen) atoms. The molecule has 1 aromatic heterocycles. The van der Waals surface area contributed by atoms with Crippen LogP contribution in [0.1, 0.15) is 79.6 Å². The molecule has 0 bridgehead atoms. The molecule has 2 aliphatic carbocycles. The first-order valence-electron chi connectivity index (χ1n) is 19.1. The molecule has 6 rings (SSSR count). The molecule has 3 N–H and O–H groups in total. The van der Waals surface area contributed by atoms with Gasteiger partial charge in [0.1, 0.15) is 29.5 Å². The number of carbonyl (C=O) groups is 4. The van der Waals surface area contributed by atoms with Gasteiger partial charge in [-0.15, -0.1) is 0 Å². The molecule has 0 unspecified atom stereocenters. The molecule has 2 saturated carbocycles. The first-order chi connectivity index (χ1) is 26.6. The summed E-state index contributed by atoms with van der Waals surface area (Å²) >= 11 is 0. The van der Waals surface area contributed by atoms with Gasteiger partial charge in [-0.25, -0.2) is 18.2 Å². The molecule has 2 aromatic rings. The highest BCUT2D eigenvalue weighted by atomic mass is 32.2. The van der Waals surface area contributed by atoms with E-state index in [0.29, 0.717) is 62.5 Å². The van der Waals surface area contributed by atoms with Crippen LogP contribution in [0.4, 0.5) is 18.0 Å². The van der Waals surface area contributed by atoms with E-state index < -0.39 is 85.9 Å². The molecule has 0 radical (unpaired) electrons. The molecule has 18 heteroatoms. The predicted molar refractivity (Wildman–Crippen MR) is 201 cm³/mol. The number of aromatic nitrogens is 1. The lowest BCUT2D eigenvalue weighted by atomic mass is 9.88. The molecular weight excluding hydrogens is 772 g/mol. The van der Waals surface area contributed by atoms with Crippen LogP contribution in [-0.2, 0) is 29.1 Å². The normalized spacial score (nSPS) is 29.2. The first-order valence-corrected chi connectivity index (χ1v) is 20.6. The van der Waals surface area contributed by atoms with Crippen molar-refractivity contribution < 1.29 is 55.0 Å². The largest absolute Gasteiger partial charge is 0.496 e. The summed E-state index contributed by atoms with van der Waals surface area (Å²) in [5.74, 6) is -2.93. The van der Waals surface area contributed by atoms with Crippen molar-refractivity contribution in [3.05, 3.63) is 42.6 Å².